The Balaban J connectivity index is 2.47. The van der Waals surface area contributed by atoms with E-state index in [0.29, 0.717) is 5.56 Å². The first kappa shape index (κ1) is 15.8. The molecule has 2 aromatic rings. The molecule has 2 N–H and O–H groups in total. The quantitative estimate of drug-likeness (QED) is 0.871. The molecule has 1 aromatic heterocycles. The van der Waals surface area contributed by atoms with Gasteiger partial charge in [0.1, 0.15) is 5.69 Å². The average molecular weight is 322 g/mol. The van der Waals surface area contributed by atoms with Crippen LogP contribution in [0, 0.1) is 6.92 Å². The fraction of sp³-hybridized carbons (Fsp3) is 0.143. The number of carbonyl (C=O) groups is 1. The van der Waals surface area contributed by atoms with E-state index in [-0.39, 0.29) is 22.0 Å². The molecular formula is C14H14N2O5S. The third-order valence-electron chi connectivity index (χ3n) is 2.93. The lowest BCUT2D eigenvalue weighted by Gasteiger charge is -2.12. The fourth-order valence-corrected chi connectivity index (χ4v) is 3.18. The van der Waals surface area contributed by atoms with E-state index in [0.717, 1.165) is 6.07 Å². The Labute approximate surface area is 127 Å². The molecule has 0 aliphatic heterocycles. The van der Waals surface area contributed by atoms with Crippen LogP contribution in [0.5, 0.6) is 5.88 Å². The summed E-state index contributed by atoms with van der Waals surface area (Å²) in [5, 5.41) is 8.99. The van der Waals surface area contributed by atoms with Gasteiger partial charge in [-0.05, 0) is 36.8 Å². The van der Waals surface area contributed by atoms with E-state index in [1.54, 1.807) is 13.0 Å². The summed E-state index contributed by atoms with van der Waals surface area (Å²) < 4.78 is 32.3. The third-order valence-corrected chi connectivity index (χ3v) is 4.44. The first-order chi connectivity index (χ1) is 10.3. The molecule has 1 heterocycles. The van der Waals surface area contributed by atoms with Crippen molar-refractivity contribution >= 4 is 21.7 Å². The van der Waals surface area contributed by atoms with Crippen molar-refractivity contribution in [2.75, 3.05) is 11.8 Å². The van der Waals surface area contributed by atoms with Crippen molar-refractivity contribution in [3.05, 3.63) is 47.7 Å². The van der Waals surface area contributed by atoms with Gasteiger partial charge < -0.3 is 9.84 Å². The standard InChI is InChI=1S/C14H14N2O5S/c1-9-5-6-10(14(17)18)8-12(9)22(19,20)16-11-4-3-7-15-13(11)21-2/h3-8,16H,1-2H3,(H,17,18). The number of hydrogen-bond acceptors (Lipinski definition) is 5. The number of carboxylic acids is 1. The van der Waals surface area contributed by atoms with Crippen LogP contribution in [0.2, 0.25) is 0 Å². The van der Waals surface area contributed by atoms with Crippen LogP contribution in [0.1, 0.15) is 15.9 Å². The molecule has 0 amide bonds. The topological polar surface area (TPSA) is 106 Å². The number of pyridine rings is 1. The van der Waals surface area contributed by atoms with Gasteiger partial charge in [0.05, 0.1) is 17.6 Å². The molecule has 0 atom stereocenters. The average Bonchev–Trinajstić information content (AvgIpc) is 2.47. The number of carboxylic acid groups (broad SMARTS) is 1. The number of sulfonamides is 1. The van der Waals surface area contributed by atoms with E-state index in [2.05, 4.69) is 9.71 Å². The highest BCUT2D eigenvalue weighted by Crippen LogP contribution is 2.25. The number of hydrogen-bond donors (Lipinski definition) is 2. The van der Waals surface area contributed by atoms with Crippen LogP contribution in [-0.2, 0) is 10.0 Å². The molecule has 8 heteroatoms. The Bertz CT molecular complexity index is 818. The summed E-state index contributed by atoms with van der Waals surface area (Å²) in [5.41, 5.74) is 0.495. The van der Waals surface area contributed by atoms with Crippen LogP contribution in [0.15, 0.2) is 41.4 Å². The van der Waals surface area contributed by atoms with E-state index in [1.165, 1.54) is 31.5 Å². The molecule has 2 rings (SSSR count). The van der Waals surface area contributed by atoms with Crippen molar-refractivity contribution in [1.82, 2.24) is 4.98 Å². The Morgan fingerprint density at radius 2 is 2.05 bits per heavy atom. The molecule has 0 unspecified atom stereocenters. The van der Waals surface area contributed by atoms with Crippen molar-refractivity contribution in [2.24, 2.45) is 0 Å². The second-order valence-electron chi connectivity index (χ2n) is 4.45. The van der Waals surface area contributed by atoms with Gasteiger partial charge in [-0.2, -0.15) is 0 Å². The zero-order valence-corrected chi connectivity index (χ0v) is 12.7. The van der Waals surface area contributed by atoms with Crippen LogP contribution in [0.25, 0.3) is 0 Å². The molecule has 0 bridgehead atoms. The van der Waals surface area contributed by atoms with Gasteiger partial charge in [0, 0.05) is 6.20 Å². The minimum atomic E-state index is -3.97. The van der Waals surface area contributed by atoms with E-state index < -0.39 is 16.0 Å². The minimum Gasteiger partial charge on any atom is -0.480 e. The predicted octanol–water partition coefficient (Wildman–Crippen LogP) is 1.90. The zero-order valence-electron chi connectivity index (χ0n) is 11.9. The van der Waals surface area contributed by atoms with Crippen molar-refractivity contribution in [3.8, 4) is 5.88 Å². The van der Waals surface area contributed by atoms with E-state index >= 15 is 0 Å². The normalized spacial score (nSPS) is 11.0. The molecular weight excluding hydrogens is 308 g/mol. The number of ether oxygens (including phenoxy) is 1. The molecule has 0 spiro atoms. The van der Waals surface area contributed by atoms with Crippen molar-refractivity contribution in [1.29, 1.82) is 0 Å². The van der Waals surface area contributed by atoms with Crippen LogP contribution in [0.4, 0.5) is 5.69 Å². The van der Waals surface area contributed by atoms with E-state index in [4.69, 9.17) is 9.84 Å². The molecule has 0 saturated heterocycles. The molecule has 0 saturated carbocycles. The lowest BCUT2D eigenvalue weighted by atomic mass is 10.1. The summed E-state index contributed by atoms with van der Waals surface area (Å²) in [6.45, 7) is 1.58. The van der Waals surface area contributed by atoms with Crippen molar-refractivity contribution < 1.29 is 23.1 Å². The van der Waals surface area contributed by atoms with Gasteiger partial charge in [-0.3, -0.25) is 4.72 Å². The maximum Gasteiger partial charge on any atom is 0.335 e. The van der Waals surface area contributed by atoms with Crippen molar-refractivity contribution in [2.45, 2.75) is 11.8 Å². The summed E-state index contributed by atoms with van der Waals surface area (Å²) in [7, 11) is -2.59. The van der Waals surface area contributed by atoms with Crippen molar-refractivity contribution in [3.63, 3.8) is 0 Å². The van der Waals surface area contributed by atoms with Gasteiger partial charge in [0.15, 0.2) is 0 Å². The fourth-order valence-electron chi connectivity index (χ4n) is 1.85. The maximum absolute atomic E-state index is 12.5. The Kier molecular flexibility index (Phi) is 4.32. The summed E-state index contributed by atoms with van der Waals surface area (Å²) >= 11 is 0. The summed E-state index contributed by atoms with van der Waals surface area (Å²) in [4.78, 5) is 14.8. The highest BCUT2D eigenvalue weighted by Gasteiger charge is 2.20. The molecule has 0 aliphatic carbocycles. The SMILES string of the molecule is COc1ncccc1NS(=O)(=O)c1cc(C(=O)O)ccc1C. The van der Waals surface area contributed by atoms with Gasteiger partial charge >= 0.3 is 5.97 Å². The number of methoxy groups -OCH3 is 1. The number of aryl methyl sites for hydroxylation is 1. The van der Waals surface area contributed by atoms with Gasteiger partial charge in [0.25, 0.3) is 10.0 Å². The molecule has 116 valence electrons. The van der Waals surface area contributed by atoms with Crippen LogP contribution in [0.3, 0.4) is 0 Å². The Morgan fingerprint density at radius 1 is 1.32 bits per heavy atom. The predicted molar refractivity (Wildman–Crippen MR) is 79.7 cm³/mol. The van der Waals surface area contributed by atoms with E-state index in [9.17, 15) is 13.2 Å². The van der Waals surface area contributed by atoms with Gasteiger partial charge in [-0.15, -0.1) is 0 Å². The number of benzene rings is 1. The molecule has 22 heavy (non-hydrogen) atoms. The van der Waals surface area contributed by atoms with E-state index in [1.807, 2.05) is 0 Å². The molecule has 0 radical (unpaired) electrons. The first-order valence-corrected chi connectivity index (χ1v) is 7.69. The van der Waals surface area contributed by atoms with Gasteiger partial charge in [-0.25, -0.2) is 18.2 Å². The smallest absolute Gasteiger partial charge is 0.335 e. The number of nitrogens with one attached hydrogen (secondary N) is 1. The second kappa shape index (κ2) is 6.02. The molecule has 7 nitrogen and oxygen atoms in total. The number of rotatable bonds is 5. The number of nitrogens with zero attached hydrogens (tertiary/aromatic N) is 1. The summed E-state index contributed by atoms with van der Waals surface area (Å²) in [6, 6.07) is 6.96. The molecule has 0 fully saturated rings. The number of anilines is 1. The minimum absolute atomic E-state index is 0.107. The van der Waals surface area contributed by atoms with Crippen LogP contribution < -0.4 is 9.46 Å². The number of aromatic carboxylic acids is 1. The first-order valence-electron chi connectivity index (χ1n) is 6.21. The lowest BCUT2D eigenvalue weighted by Crippen LogP contribution is -2.16. The monoisotopic (exact) mass is 322 g/mol. The molecule has 1 aromatic carbocycles. The third kappa shape index (κ3) is 3.17. The van der Waals surface area contributed by atoms with Crippen LogP contribution in [-0.4, -0.2) is 31.6 Å². The summed E-state index contributed by atoms with van der Waals surface area (Å²) in [6.07, 6.45) is 1.47. The van der Waals surface area contributed by atoms with Gasteiger partial charge in [-0.1, -0.05) is 6.07 Å². The maximum atomic E-state index is 12.5. The lowest BCUT2D eigenvalue weighted by molar-refractivity contribution is 0.0696. The highest BCUT2D eigenvalue weighted by atomic mass is 32.2. The summed E-state index contributed by atoms with van der Waals surface area (Å²) in [5.74, 6) is -1.08. The second-order valence-corrected chi connectivity index (χ2v) is 6.10. The Morgan fingerprint density at radius 3 is 2.68 bits per heavy atom. The Hall–Kier alpha value is -2.61. The number of aromatic nitrogens is 1. The largest absolute Gasteiger partial charge is 0.480 e. The highest BCUT2D eigenvalue weighted by molar-refractivity contribution is 7.92. The zero-order chi connectivity index (χ0) is 16.3. The van der Waals surface area contributed by atoms with Gasteiger partial charge in [0.2, 0.25) is 5.88 Å². The molecule has 0 aliphatic rings. The van der Waals surface area contributed by atoms with Crippen LogP contribution >= 0.6 is 0 Å².